The minimum atomic E-state index is -0.473. The number of thioether (sulfide) groups is 1. The van der Waals surface area contributed by atoms with E-state index in [9.17, 15) is 4.79 Å². The summed E-state index contributed by atoms with van der Waals surface area (Å²) in [5.41, 5.74) is 1.15. The first-order chi connectivity index (χ1) is 9.72. The molecule has 1 N–H and O–H groups in total. The zero-order valence-electron chi connectivity index (χ0n) is 15.5. The van der Waals surface area contributed by atoms with Crippen LogP contribution in [0.15, 0.2) is 6.07 Å². The van der Waals surface area contributed by atoms with Crippen LogP contribution in [0.3, 0.4) is 0 Å². The van der Waals surface area contributed by atoms with Gasteiger partial charge in [-0.2, -0.15) is 5.10 Å². The maximum absolute atomic E-state index is 12.6. The van der Waals surface area contributed by atoms with Crippen LogP contribution >= 0.6 is 11.8 Å². The molecule has 0 atom stereocenters. The summed E-state index contributed by atoms with van der Waals surface area (Å²) >= 11 is 1.69. The maximum atomic E-state index is 12.6. The van der Waals surface area contributed by atoms with E-state index >= 15 is 0 Å². The molecule has 5 heteroatoms. The number of aryl methyl sites for hydroxylation is 1. The van der Waals surface area contributed by atoms with Crippen LogP contribution in [-0.2, 0) is 17.3 Å². The fraction of sp³-hybridized carbons (Fsp3) is 0.765. The molecule has 1 heterocycles. The van der Waals surface area contributed by atoms with Crippen LogP contribution in [0.1, 0.15) is 61.1 Å². The number of hydrogen-bond donors (Lipinski definition) is 1. The second-order valence-corrected chi connectivity index (χ2v) is 10.2. The molecular formula is C17H31N3OS. The van der Waals surface area contributed by atoms with Crippen molar-refractivity contribution < 1.29 is 4.79 Å². The Hall–Kier alpha value is -0.970. The lowest BCUT2D eigenvalue weighted by atomic mass is 9.92. The molecule has 0 aliphatic heterocycles. The Morgan fingerprint density at radius 3 is 2.14 bits per heavy atom. The molecule has 22 heavy (non-hydrogen) atoms. The molecular weight excluding hydrogens is 294 g/mol. The van der Waals surface area contributed by atoms with Crippen LogP contribution < -0.4 is 5.32 Å². The average molecular weight is 326 g/mol. The molecule has 126 valence electrons. The Morgan fingerprint density at radius 2 is 1.73 bits per heavy atom. The van der Waals surface area contributed by atoms with Crippen molar-refractivity contribution in [2.24, 2.45) is 12.5 Å². The molecule has 1 amide bonds. The van der Waals surface area contributed by atoms with Gasteiger partial charge in [0.25, 0.3) is 0 Å². The summed E-state index contributed by atoms with van der Waals surface area (Å²) < 4.78 is 1.27. The highest BCUT2D eigenvalue weighted by atomic mass is 32.2. The largest absolute Gasteiger partial charge is 0.310 e. The molecule has 0 unspecified atom stereocenters. The monoisotopic (exact) mass is 325 g/mol. The minimum absolute atomic E-state index is 0.0187. The molecule has 4 nitrogen and oxygen atoms in total. The van der Waals surface area contributed by atoms with Crippen molar-refractivity contribution in [2.75, 3.05) is 11.1 Å². The lowest BCUT2D eigenvalue weighted by Gasteiger charge is -2.27. The van der Waals surface area contributed by atoms with Gasteiger partial charge in [0.15, 0.2) is 0 Å². The molecule has 1 aromatic rings. The Morgan fingerprint density at radius 1 is 1.18 bits per heavy atom. The zero-order chi connectivity index (χ0) is 17.3. The molecule has 0 fully saturated rings. The van der Waals surface area contributed by atoms with E-state index in [0.717, 1.165) is 17.3 Å². The van der Waals surface area contributed by atoms with Gasteiger partial charge in [-0.3, -0.25) is 9.48 Å². The van der Waals surface area contributed by atoms with E-state index in [4.69, 9.17) is 0 Å². The Kier molecular flexibility index (Phi) is 5.43. The number of aromatic nitrogens is 2. The summed E-state index contributed by atoms with van der Waals surface area (Å²) in [5, 5.41) is 7.52. The standard InChI is InChI=1S/C17H31N3OS/c1-15(2,3)11-22-17(7,8)14(21)18-13-10-12(16(4,5)6)19-20(13)9/h10H,11H2,1-9H3,(H,18,21). The number of hydrogen-bond acceptors (Lipinski definition) is 3. The second kappa shape index (κ2) is 6.26. The first-order valence-corrected chi connectivity index (χ1v) is 8.71. The van der Waals surface area contributed by atoms with Crippen molar-refractivity contribution in [3.8, 4) is 0 Å². The highest BCUT2D eigenvalue weighted by Crippen LogP contribution is 2.32. The molecule has 0 radical (unpaired) electrons. The minimum Gasteiger partial charge on any atom is -0.310 e. The van der Waals surface area contributed by atoms with Gasteiger partial charge < -0.3 is 5.32 Å². The fourth-order valence-electron chi connectivity index (χ4n) is 1.68. The van der Waals surface area contributed by atoms with Crippen molar-refractivity contribution in [3.63, 3.8) is 0 Å². The summed E-state index contributed by atoms with van der Waals surface area (Å²) in [6.45, 7) is 16.8. The number of nitrogens with one attached hydrogen (secondary N) is 1. The van der Waals surface area contributed by atoms with Crippen LogP contribution in [-0.4, -0.2) is 26.2 Å². The lowest BCUT2D eigenvalue weighted by molar-refractivity contribution is -0.117. The molecule has 0 aliphatic carbocycles. The number of nitrogens with zero attached hydrogens (tertiary/aromatic N) is 2. The van der Waals surface area contributed by atoms with Gasteiger partial charge in [-0.1, -0.05) is 41.5 Å². The highest BCUT2D eigenvalue weighted by molar-refractivity contribution is 8.01. The van der Waals surface area contributed by atoms with Crippen molar-refractivity contribution in [1.29, 1.82) is 0 Å². The van der Waals surface area contributed by atoms with Gasteiger partial charge in [0.2, 0.25) is 5.91 Å². The number of carbonyl (C=O) groups excluding carboxylic acids is 1. The number of amides is 1. The van der Waals surface area contributed by atoms with E-state index in [2.05, 4.69) is 52.0 Å². The molecule has 1 aromatic heterocycles. The average Bonchev–Trinajstić information content (AvgIpc) is 2.67. The molecule has 0 saturated carbocycles. The van der Waals surface area contributed by atoms with Crippen LogP contribution in [0.25, 0.3) is 0 Å². The molecule has 0 saturated heterocycles. The predicted molar refractivity (Wildman–Crippen MR) is 96.5 cm³/mol. The normalized spacial score (nSPS) is 13.3. The van der Waals surface area contributed by atoms with Crippen molar-refractivity contribution in [3.05, 3.63) is 11.8 Å². The molecule has 0 aromatic carbocycles. The number of carbonyl (C=O) groups is 1. The SMILES string of the molecule is Cn1nc(C(C)(C)C)cc1NC(=O)C(C)(C)SCC(C)(C)C. The Bertz CT molecular complexity index is 533. The van der Waals surface area contributed by atoms with Crippen molar-refractivity contribution in [1.82, 2.24) is 9.78 Å². The van der Waals surface area contributed by atoms with Crippen LogP contribution in [0.5, 0.6) is 0 Å². The van der Waals surface area contributed by atoms with E-state index in [1.807, 2.05) is 27.0 Å². The predicted octanol–water partition coefficient (Wildman–Crippen LogP) is 4.21. The first-order valence-electron chi connectivity index (χ1n) is 7.72. The molecule has 0 bridgehead atoms. The molecule has 0 spiro atoms. The van der Waals surface area contributed by atoms with E-state index < -0.39 is 4.75 Å². The highest BCUT2D eigenvalue weighted by Gasteiger charge is 2.31. The van der Waals surface area contributed by atoms with E-state index in [1.165, 1.54) is 0 Å². The quantitative estimate of drug-likeness (QED) is 0.902. The lowest BCUT2D eigenvalue weighted by Crippen LogP contribution is -2.36. The molecule has 0 aliphatic rings. The number of rotatable bonds is 4. The third kappa shape index (κ3) is 5.34. The maximum Gasteiger partial charge on any atom is 0.241 e. The van der Waals surface area contributed by atoms with Crippen LogP contribution in [0.4, 0.5) is 5.82 Å². The fourth-order valence-corrected chi connectivity index (χ4v) is 2.66. The smallest absolute Gasteiger partial charge is 0.241 e. The van der Waals surface area contributed by atoms with Gasteiger partial charge >= 0.3 is 0 Å². The van der Waals surface area contributed by atoms with Gasteiger partial charge in [-0.25, -0.2) is 0 Å². The zero-order valence-corrected chi connectivity index (χ0v) is 16.3. The van der Waals surface area contributed by atoms with E-state index in [-0.39, 0.29) is 16.7 Å². The van der Waals surface area contributed by atoms with Gasteiger partial charge in [0, 0.05) is 18.5 Å². The first kappa shape index (κ1) is 19.1. The summed E-state index contributed by atoms with van der Waals surface area (Å²) in [5.74, 6) is 1.70. The third-order valence-electron chi connectivity index (χ3n) is 3.30. The van der Waals surface area contributed by atoms with Gasteiger partial charge in [-0.05, 0) is 25.0 Å². The third-order valence-corrected chi connectivity index (χ3v) is 5.22. The number of anilines is 1. The second-order valence-electron chi connectivity index (χ2n) is 8.60. The summed E-state index contributed by atoms with van der Waals surface area (Å²) in [7, 11) is 1.86. The van der Waals surface area contributed by atoms with Gasteiger partial charge in [0.05, 0.1) is 10.4 Å². The summed E-state index contributed by atoms with van der Waals surface area (Å²) in [6.07, 6.45) is 0. The Labute approximate surface area is 139 Å². The van der Waals surface area contributed by atoms with Crippen molar-refractivity contribution >= 4 is 23.5 Å². The van der Waals surface area contributed by atoms with Crippen LogP contribution in [0.2, 0.25) is 0 Å². The molecule has 1 rings (SSSR count). The van der Waals surface area contributed by atoms with Gasteiger partial charge in [-0.15, -0.1) is 11.8 Å². The summed E-state index contributed by atoms with van der Waals surface area (Å²) in [6, 6.07) is 1.96. The van der Waals surface area contributed by atoms with E-state index in [0.29, 0.717) is 0 Å². The summed E-state index contributed by atoms with van der Waals surface area (Å²) in [4.78, 5) is 12.6. The van der Waals surface area contributed by atoms with Crippen LogP contribution in [0, 0.1) is 5.41 Å². The Balaban J connectivity index is 2.82. The topological polar surface area (TPSA) is 46.9 Å². The van der Waals surface area contributed by atoms with Crippen molar-refractivity contribution in [2.45, 2.75) is 65.6 Å². The van der Waals surface area contributed by atoms with E-state index in [1.54, 1.807) is 16.4 Å². The van der Waals surface area contributed by atoms with Gasteiger partial charge in [0.1, 0.15) is 5.82 Å².